The molecular formula is C41H47Br3N5O6Y3-3. The van der Waals surface area contributed by atoms with Crippen molar-refractivity contribution >= 4 is 71.3 Å². The number of imidazole rings is 1. The van der Waals surface area contributed by atoms with E-state index >= 15 is 0 Å². The first-order valence-electron chi connectivity index (χ1n) is 17.1. The molecule has 2 aliphatic carbocycles. The Labute approximate surface area is 442 Å². The number of hydrogen-bond donors (Lipinski definition) is 3. The summed E-state index contributed by atoms with van der Waals surface area (Å²) in [6.45, 7) is 2.40. The first-order valence-corrected chi connectivity index (χ1v) is 19.5. The number of aromatic amines is 1. The summed E-state index contributed by atoms with van der Waals surface area (Å²) in [4.78, 5) is 56.2. The summed E-state index contributed by atoms with van der Waals surface area (Å²) < 4.78 is 8.00. The van der Waals surface area contributed by atoms with E-state index in [0.717, 1.165) is 55.8 Å². The van der Waals surface area contributed by atoms with E-state index in [9.17, 15) is 14.4 Å². The number of ketones is 2. The molecule has 3 radical (unpaired) electrons. The van der Waals surface area contributed by atoms with Gasteiger partial charge in [0.15, 0.2) is 0 Å². The van der Waals surface area contributed by atoms with Crippen LogP contribution in [-0.4, -0.2) is 87.2 Å². The van der Waals surface area contributed by atoms with Crippen LogP contribution in [0.1, 0.15) is 79.5 Å². The molecule has 0 unspecified atom stereocenters. The average molecular weight is 1210 g/mol. The Kier molecular flexibility index (Phi) is 27.0. The van der Waals surface area contributed by atoms with Gasteiger partial charge >= 0.3 is 5.97 Å². The van der Waals surface area contributed by atoms with Gasteiger partial charge < -0.3 is 30.6 Å². The van der Waals surface area contributed by atoms with Crippen LogP contribution in [-0.2, 0) is 112 Å². The molecule has 0 bridgehead atoms. The number of carboxylic acids is 1. The molecule has 4 aliphatic rings. The number of carbonyl (C=O) groups excluding carboxylic acids is 3. The molecule has 3 heterocycles. The number of carboxylic acid groups (broad SMARTS) is 1. The number of likely N-dealkylation sites (N-methyl/N-ethyl adjacent to an activating group) is 1. The van der Waals surface area contributed by atoms with E-state index in [1.165, 1.54) is 26.2 Å². The first-order chi connectivity index (χ1) is 25.2. The van der Waals surface area contributed by atoms with Crippen molar-refractivity contribution in [2.75, 3.05) is 20.7 Å². The number of rotatable bonds is 7. The number of halogens is 3. The fraction of sp³-hybridized carbons (Fsp3) is 0.390. The Morgan fingerprint density at radius 1 is 0.793 bits per heavy atom. The fourth-order valence-electron chi connectivity index (χ4n) is 6.63. The van der Waals surface area contributed by atoms with Gasteiger partial charge in [-0.05, 0) is 64.2 Å². The summed E-state index contributed by atoms with van der Waals surface area (Å²) in [5, 5.41) is 7.42. The van der Waals surface area contributed by atoms with E-state index in [1.807, 2.05) is 31.4 Å². The Balaban J connectivity index is 0.000000802. The van der Waals surface area contributed by atoms with Crippen molar-refractivity contribution in [2.24, 2.45) is 11.8 Å². The van der Waals surface area contributed by atoms with Crippen LogP contribution < -0.4 is 6.15 Å². The van der Waals surface area contributed by atoms with Crippen molar-refractivity contribution in [3.05, 3.63) is 109 Å². The van der Waals surface area contributed by atoms with E-state index in [2.05, 4.69) is 98.9 Å². The number of fused-ring (bicyclic) bond motifs is 2. The predicted molar refractivity (Wildman–Crippen MR) is 222 cm³/mol. The second-order valence-electron chi connectivity index (χ2n) is 13.5. The molecule has 2 aliphatic heterocycles. The minimum Gasteiger partial charge on any atom is -0.481 e. The topological polar surface area (TPSA) is 168 Å². The molecule has 8 rings (SSSR count). The van der Waals surface area contributed by atoms with Crippen LogP contribution in [0.4, 0.5) is 0 Å². The zero-order chi connectivity index (χ0) is 38.4. The average Bonchev–Trinajstić information content (AvgIpc) is 3.96. The number of ether oxygens (including phenoxy) is 1. The van der Waals surface area contributed by atoms with Gasteiger partial charge in [0.05, 0.1) is 11.8 Å². The van der Waals surface area contributed by atoms with Gasteiger partial charge in [0.2, 0.25) is 0 Å². The van der Waals surface area contributed by atoms with Gasteiger partial charge in [-0.2, -0.15) is 0 Å². The number of nitrogens with zero attached hydrogens (tertiary/aromatic N) is 3. The number of benzene rings is 3. The minimum atomic E-state index is -0.833. The Morgan fingerprint density at radius 3 is 1.72 bits per heavy atom. The number of aliphatic carboxylic acids is 1. The van der Waals surface area contributed by atoms with Gasteiger partial charge in [0.25, 0.3) is 5.97 Å². The summed E-state index contributed by atoms with van der Waals surface area (Å²) in [5.41, 5.74) is 3.18. The largest absolute Gasteiger partial charge is 0.481 e. The summed E-state index contributed by atoms with van der Waals surface area (Å²) in [7, 11) is 4.17. The van der Waals surface area contributed by atoms with Gasteiger partial charge in [-0.1, -0.05) is 20.8 Å². The number of aromatic nitrogens is 2. The number of carbonyl (C=O) groups is 4. The number of hydrogen-bond acceptors (Lipinski definition) is 9. The van der Waals surface area contributed by atoms with E-state index in [-0.39, 0.29) is 142 Å². The number of nitrogens with one attached hydrogen (secondary N) is 1. The molecule has 4 aromatic rings. The molecule has 1 aromatic heterocycles. The maximum atomic E-state index is 12.0. The molecule has 5 N–H and O–H groups in total. The predicted octanol–water partition coefficient (Wildman–Crippen LogP) is 8.81. The molecule has 0 spiro atoms. The molecule has 17 heteroatoms. The van der Waals surface area contributed by atoms with Crippen LogP contribution in [0, 0.1) is 30.0 Å². The third-order valence-corrected chi connectivity index (χ3v) is 11.2. The van der Waals surface area contributed by atoms with Crippen LogP contribution in [0.2, 0.25) is 0 Å². The molecule has 305 valence electrons. The van der Waals surface area contributed by atoms with E-state index in [1.54, 1.807) is 30.3 Å². The minimum absolute atomic E-state index is 0. The summed E-state index contributed by atoms with van der Waals surface area (Å²) in [5.74, 6) is 1.35. The molecule has 2 saturated carbocycles. The van der Waals surface area contributed by atoms with Crippen LogP contribution in [0.3, 0.4) is 0 Å². The number of likely N-dealkylation sites (tertiary alicyclic amines) is 2. The molecule has 11 nitrogen and oxygen atoms in total. The molecule has 58 heavy (non-hydrogen) atoms. The zero-order valence-corrected chi connectivity index (χ0v) is 45.4. The van der Waals surface area contributed by atoms with Gasteiger partial charge in [0, 0.05) is 123 Å². The Hall–Kier alpha value is -0.218. The zero-order valence-electron chi connectivity index (χ0n) is 32.2. The van der Waals surface area contributed by atoms with Gasteiger partial charge in [-0.25, -0.2) is 0 Å². The van der Waals surface area contributed by atoms with E-state index in [0.29, 0.717) is 29.1 Å². The monoisotopic (exact) mass is 1210 g/mol. The quantitative estimate of drug-likeness (QED) is 0.0925. The summed E-state index contributed by atoms with van der Waals surface area (Å²) in [6.07, 6.45) is 6.59. The SMILES string of the molecule is C.CC(=O)O.CC(=O)c1[c-]cc(Br)cc1.CN1[C@@H]2C[C@@H]2C[C@H]1C(=O)OCC(=O)c1[c-]cc(Br)cc1.CN1[C@@H]2C[C@@H]2C[C@H]1c1ncc(-c2[c-]cc(Br)cc2)[nH]1.N.[Y].[Y].[Y]. The molecule has 2 saturated heterocycles. The first kappa shape index (κ1) is 57.8. The Morgan fingerprint density at radius 2 is 1.29 bits per heavy atom. The Bertz CT molecular complexity index is 1920. The van der Waals surface area contributed by atoms with Crippen molar-refractivity contribution in [2.45, 2.75) is 71.1 Å². The standard InChI is InChI=1S/C15H15BrN3.C15H15BrNO3.C8H6BrO.C2H4O2.CH4.H3N.3Y/c1-19-13-6-10(13)7-14(19)15-17-8-12(18-15)9-2-4-11(16)5-3-9;1-17-12-6-10(12)7-13(17)15(19)20-8-14(18)9-2-4-11(16)5-3-9;1-6(10)7-2-4-8(9)5-3-7;1-2(3)4;;;;;/h2,4-5,8,10,13-14H,6-7H2,1H3,(H,17,18);2,4-5,10,12-13H,6-8H2,1H3;2,4-5H,1H3;1H3,(H,3,4);1H4;1H3;;;/q3*-1;;;;;;/t10-,13-,14+;10-,12-,13+;;;;;;;/m11......./s1. The third kappa shape index (κ3) is 16.8. The number of piperidine rings is 2. The van der Waals surface area contributed by atoms with Crippen molar-refractivity contribution in [1.82, 2.24) is 25.9 Å². The van der Waals surface area contributed by atoms with Crippen molar-refractivity contribution in [1.29, 1.82) is 0 Å². The fourth-order valence-corrected chi connectivity index (χ4v) is 7.37. The van der Waals surface area contributed by atoms with Crippen LogP contribution in [0.5, 0.6) is 0 Å². The third-order valence-electron chi connectivity index (χ3n) is 9.67. The molecular weight excluding hydrogens is 1160 g/mol. The molecule has 3 aromatic carbocycles. The number of esters is 1. The van der Waals surface area contributed by atoms with Crippen molar-refractivity contribution in [3.8, 4) is 11.3 Å². The summed E-state index contributed by atoms with van der Waals surface area (Å²) in [6, 6.07) is 27.0. The number of Topliss-reactive ketones (excluding diaryl/α,β-unsaturated/α-hetero) is 2. The van der Waals surface area contributed by atoms with E-state index < -0.39 is 5.97 Å². The summed E-state index contributed by atoms with van der Waals surface area (Å²) >= 11 is 9.97. The van der Waals surface area contributed by atoms with Crippen LogP contribution >= 0.6 is 47.8 Å². The van der Waals surface area contributed by atoms with Crippen molar-refractivity contribution < 1.29 is 127 Å². The van der Waals surface area contributed by atoms with Crippen LogP contribution in [0.25, 0.3) is 11.3 Å². The van der Waals surface area contributed by atoms with Gasteiger partial charge in [-0.15, -0.1) is 137 Å². The molecule has 4 fully saturated rings. The van der Waals surface area contributed by atoms with Crippen molar-refractivity contribution in [3.63, 3.8) is 0 Å². The second kappa shape index (κ2) is 27.1. The number of H-pyrrole nitrogens is 1. The van der Waals surface area contributed by atoms with E-state index in [4.69, 9.17) is 14.6 Å². The molecule has 6 atom stereocenters. The second-order valence-corrected chi connectivity index (χ2v) is 16.3. The maximum Gasteiger partial charge on any atom is 0.323 e. The maximum absolute atomic E-state index is 12.0. The van der Waals surface area contributed by atoms with Gasteiger partial charge in [-0.3, -0.25) is 24.4 Å². The smallest absolute Gasteiger partial charge is 0.323 e. The van der Waals surface area contributed by atoms with Crippen LogP contribution in [0.15, 0.2) is 74.2 Å². The van der Waals surface area contributed by atoms with Gasteiger partial charge in [0.1, 0.15) is 24.3 Å². The normalized spacial score (nSPS) is 21.4. The molecule has 0 amide bonds.